The van der Waals surface area contributed by atoms with Crippen LogP contribution in [0.4, 0.5) is 4.79 Å². The molecule has 200 valence electrons. The van der Waals surface area contributed by atoms with E-state index in [9.17, 15) is 14.4 Å². The van der Waals surface area contributed by atoms with Crippen LogP contribution in [0.5, 0.6) is 0 Å². The van der Waals surface area contributed by atoms with Crippen molar-refractivity contribution in [2.45, 2.75) is 37.3 Å². The molecular formula is C32H33N3O4. The highest BCUT2D eigenvalue weighted by molar-refractivity contribution is 5.98. The van der Waals surface area contributed by atoms with Crippen LogP contribution in [0.2, 0.25) is 0 Å². The van der Waals surface area contributed by atoms with Crippen LogP contribution in [0, 0.1) is 0 Å². The Morgan fingerprint density at radius 2 is 1.64 bits per heavy atom. The summed E-state index contributed by atoms with van der Waals surface area (Å²) in [6.07, 6.45) is 2.15. The van der Waals surface area contributed by atoms with E-state index in [1.165, 1.54) is 0 Å². The minimum atomic E-state index is -1.04. The number of rotatable bonds is 10. The monoisotopic (exact) mass is 523 g/mol. The normalized spacial score (nSPS) is 18.4. The molecule has 3 aromatic rings. The van der Waals surface area contributed by atoms with Crippen LogP contribution >= 0.6 is 0 Å². The molecule has 2 N–H and O–H groups in total. The van der Waals surface area contributed by atoms with Crippen LogP contribution in [0.25, 0.3) is 11.1 Å². The number of hydrogen-bond donors (Lipinski definition) is 2. The number of carbonyl (C=O) groups excluding carboxylic acids is 3. The van der Waals surface area contributed by atoms with Gasteiger partial charge in [-0.15, -0.1) is 6.58 Å². The summed E-state index contributed by atoms with van der Waals surface area (Å²) >= 11 is 0. The molecule has 1 fully saturated rings. The van der Waals surface area contributed by atoms with Gasteiger partial charge in [0.1, 0.15) is 18.2 Å². The molecule has 3 aromatic carbocycles. The number of nitrogens with one attached hydrogen (secondary N) is 2. The largest absolute Gasteiger partial charge is 0.449 e. The van der Waals surface area contributed by atoms with Gasteiger partial charge in [0.05, 0.1) is 6.54 Å². The van der Waals surface area contributed by atoms with Gasteiger partial charge in [-0.05, 0) is 41.2 Å². The fourth-order valence-electron chi connectivity index (χ4n) is 5.54. The Bertz CT molecular complexity index is 1340. The van der Waals surface area contributed by atoms with E-state index in [-0.39, 0.29) is 18.4 Å². The number of amides is 3. The van der Waals surface area contributed by atoms with Crippen molar-refractivity contribution in [2.24, 2.45) is 0 Å². The lowest BCUT2D eigenvalue weighted by Gasteiger charge is -2.49. The number of ether oxygens (including phenoxy) is 1. The highest BCUT2D eigenvalue weighted by Crippen LogP contribution is 2.44. The van der Waals surface area contributed by atoms with Gasteiger partial charge in [-0.25, -0.2) is 4.79 Å². The molecular weight excluding hydrogens is 490 g/mol. The van der Waals surface area contributed by atoms with Crippen molar-refractivity contribution in [3.05, 3.63) is 108 Å². The molecule has 0 aromatic heterocycles. The molecule has 2 atom stereocenters. The third-order valence-electron chi connectivity index (χ3n) is 7.54. The summed E-state index contributed by atoms with van der Waals surface area (Å²) in [5, 5.41) is 5.57. The minimum absolute atomic E-state index is 0.0735. The molecule has 0 bridgehead atoms. The smallest absolute Gasteiger partial charge is 0.407 e. The average molecular weight is 524 g/mol. The zero-order valence-electron chi connectivity index (χ0n) is 22.1. The van der Waals surface area contributed by atoms with Gasteiger partial charge in [0.2, 0.25) is 5.91 Å². The maximum absolute atomic E-state index is 13.2. The first-order valence-electron chi connectivity index (χ1n) is 13.3. The zero-order valence-corrected chi connectivity index (χ0v) is 22.1. The number of carbonyl (C=O) groups is 3. The van der Waals surface area contributed by atoms with E-state index in [1.807, 2.05) is 54.6 Å². The summed E-state index contributed by atoms with van der Waals surface area (Å²) in [5.41, 5.74) is 4.43. The van der Waals surface area contributed by atoms with Crippen LogP contribution < -0.4 is 10.6 Å². The van der Waals surface area contributed by atoms with Gasteiger partial charge in [0.15, 0.2) is 0 Å². The average Bonchev–Trinajstić information content (AvgIpc) is 3.27. The highest BCUT2D eigenvalue weighted by Gasteiger charge is 2.53. The summed E-state index contributed by atoms with van der Waals surface area (Å²) < 4.78 is 5.59. The van der Waals surface area contributed by atoms with E-state index >= 15 is 0 Å². The Labute approximate surface area is 228 Å². The van der Waals surface area contributed by atoms with Gasteiger partial charge >= 0.3 is 6.09 Å². The van der Waals surface area contributed by atoms with Crippen LogP contribution in [-0.4, -0.2) is 54.1 Å². The van der Waals surface area contributed by atoms with Crippen molar-refractivity contribution in [3.8, 4) is 11.1 Å². The van der Waals surface area contributed by atoms with E-state index in [1.54, 1.807) is 17.9 Å². The van der Waals surface area contributed by atoms with E-state index in [0.29, 0.717) is 25.9 Å². The molecule has 2 aliphatic rings. The fraction of sp³-hybridized carbons (Fsp3) is 0.281. The van der Waals surface area contributed by atoms with Gasteiger partial charge in [0, 0.05) is 18.9 Å². The number of alkyl carbamates (subject to hydrolysis) is 1. The first-order chi connectivity index (χ1) is 18.9. The van der Waals surface area contributed by atoms with Gasteiger partial charge in [-0.3, -0.25) is 9.59 Å². The number of benzene rings is 3. The SMILES string of the molecule is C=CCCN1C[C@@](Cc2ccccc2)(NC(=O)[C@H](C)NC(=O)OCC2c3ccccc3-c3ccccc32)C1=O. The molecule has 0 spiro atoms. The van der Waals surface area contributed by atoms with Gasteiger partial charge < -0.3 is 20.3 Å². The van der Waals surface area contributed by atoms with E-state index in [0.717, 1.165) is 27.8 Å². The van der Waals surface area contributed by atoms with Crippen LogP contribution in [-0.2, 0) is 20.7 Å². The van der Waals surface area contributed by atoms with Gasteiger partial charge in [-0.2, -0.15) is 0 Å². The predicted octanol–water partition coefficient (Wildman–Crippen LogP) is 4.43. The maximum atomic E-state index is 13.2. The summed E-state index contributed by atoms with van der Waals surface area (Å²) in [5.74, 6) is -0.637. The van der Waals surface area contributed by atoms with Crippen molar-refractivity contribution in [1.82, 2.24) is 15.5 Å². The molecule has 1 aliphatic carbocycles. The lowest BCUT2D eigenvalue weighted by Crippen LogP contribution is -2.76. The molecule has 1 heterocycles. The van der Waals surface area contributed by atoms with Gasteiger partial charge in [0.25, 0.3) is 5.91 Å². The quantitative estimate of drug-likeness (QED) is 0.304. The molecule has 0 saturated carbocycles. The lowest BCUT2D eigenvalue weighted by atomic mass is 9.81. The van der Waals surface area contributed by atoms with Gasteiger partial charge in [-0.1, -0.05) is 84.9 Å². The molecule has 7 nitrogen and oxygen atoms in total. The summed E-state index contributed by atoms with van der Waals surface area (Å²) in [6.45, 7) is 6.43. The van der Waals surface area contributed by atoms with Crippen molar-refractivity contribution < 1.29 is 19.1 Å². The van der Waals surface area contributed by atoms with Crippen molar-refractivity contribution in [2.75, 3.05) is 19.7 Å². The molecule has 1 saturated heterocycles. The predicted molar refractivity (Wildman–Crippen MR) is 150 cm³/mol. The molecule has 7 heteroatoms. The Morgan fingerprint density at radius 3 is 2.26 bits per heavy atom. The second-order valence-electron chi connectivity index (χ2n) is 10.2. The third-order valence-corrected chi connectivity index (χ3v) is 7.54. The Hall–Kier alpha value is -4.39. The summed E-state index contributed by atoms with van der Waals surface area (Å²) in [4.78, 5) is 40.8. The molecule has 0 radical (unpaired) electrons. The molecule has 3 amide bonds. The van der Waals surface area contributed by atoms with Crippen LogP contribution in [0.15, 0.2) is 91.5 Å². The van der Waals surface area contributed by atoms with E-state index < -0.39 is 23.6 Å². The summed E-state index contributed by atoms with van der Waals surface area (Å²) in [7, 11) is 0. The third kappa shape index (κ3) is 5.30. The van der Waals surface area contributed by atoms with E-state index in [2.05, 4.69) is 41.5 Å². The molecule has 39 heavy (non-hydrogen) atoms. The van der Waals surface area contributed by atoms with Crippen molar-refractivity contribution in [3.63, 3.8) is 0 Å². The highest BCUT2D eigenvalue weighted by atomic mass is 16.5. The number of hydrogen-bond acceptors (Lipinski definition) is 4. The second-order valence-corrected chi connectivity index (χ2v) is 10.2. The Morgan fingerprint density at radius 1 is 1.03 bits per heavy atom. The van der Waals surface area contributed by atoms with Crippen LogP contribution in [0.1, 0.15) is 36.0 Å². The zero-order chi connectivity index (χ0) is 27.4. The summed E-state index contributed by atoms with van der Waals surface area (Å²) in [6, 6.07) is 24.9. The van der Waals surface area contributed by atoms with Crippen LogP contribution in [0.3, 0.4) is 0 Å². The van der Waals surface area contributed by atoms with Crippen molar-refractivity contribution in [1.29, 1.82) is 0 Å². The number of nitrogens with zero attached hydrogens (tertiary/aromatic N) is 1. The topological polar surface area (TPSA) is 87.7 Å². The van der Waals surface area contributed by atoms with E-state index in [4.69, 9.17) is 4.74 Å². The minimum Gasteiger partial charge on any atom is -0.449 e. The molecule has 5 rings (SSSR count). The molecule has 0 unspecified atom stereocenters. The first-order valence-corrected chi connectivity index (χ1v) is 13.3. The second kappa shape index (κ2) is 11.2. The molecule has 1 aliphatic heterocycles. The number of likely N-dealkylation sites (tertiary alicyclic amines) is 1. The number of β-lactam (4-membered cyclic amide) rings is 1. The van der Waals surface area contributed by atoms with Crippen molar-refractivity contribution >= 4 is 17.9 Å². The lowest BCUT2D eigenvalue weighted by molar-refractivity contribution is -0.156. The Kier molecular flexibility index (Phi) is 7.50. The standard InChI is InChI=1S/C32H33N3O4/c1-3-4-18-35-21-32(30(35)37,19-23-12-6-5-7-13-23)34-29(36)22(2)33-31(38)39-20-28-26-16-10-8-14-24(26)25-15-9-11-17-27(25)28/h3,5-17,22,28H,1,4,18-21H2,2H3,(H,33,38)(H,34,36)/t22-,32+/m0/s1. The fourth-order valence-corrected chi connectivity index (χ4v) is 5.54. The Balaban J connectivity index is 1.21. The number of fused-ring (bicyclic) bond motifs is 3. The first kappa shape index (κ1) is 26.2. The maximum Gasteiger partial charge on any atom is 0.407 e.